The molecule has 1 unspecified atom stereocenters. The molecule has 0 heterocycles. The lowest BCUT2D eigenvalue weighted by molar-refractivity contribution is -0.151. The first-order chi connectivity index (χ1) is 5.50. The molecule has 0 aromatic heterocycles. The van der Waals surface area contributed by atoms with Gasteiger partial charge in [-0.25, -0.2) is 4.79 Å². The Hall–Kier alpha value is -1.16. The second kappa shape index (κ2) is 4.66. The largest absolute Gasteiger partial charge is 0.464 e. The Morgan fingerprint density at radius 1 is 1.58 bits per heavy atom. The van der Waals surface area contributed by atoms with Crippen LogP contribution in [0, 0.1) is 0 Å². The number of rotatable bonds is 4. The molecule has 1 atom stereocenters. The Balaban J connectivity index is 4.19. The van der Waals surface area contributed by atoms with Crippen LogP contribution in [0.2, 0.25) is 0 Å². The van der Waals surface area contributed by atoms with Crippen molar-refractivity contribution in [2.24, 2.45) is 0 Å². The van der Waals surface area contributed by atoms with Crippen molar-refractivity contribution in [3.8, 4) is 0 Å². The maximum atomic E-state index is 10.8. The molecule has 0 rings (SSSR count). The summed E-state index contributed by atoms with van der Waals surface area (Å²) in [5.41, 5.74) is -0.145. The Kier molecular flexibility index (Phi) is 4.21. The SMILES string of the molecule is C=C(C(C)=O)C(O)C(=O)OCC. The number of esters is 1. The number of carbonyl (C=O) groups excluding carboxylic acids is 2. The number of ether oxygens (including phenoxy) is 1. The van der Waals surface area contributed by atoms with E-state index in [1.54, 1.807) is 6.92 Å². The van der Waals surface area contributed by atoms with Crippen LogP contribution in [0.15, 0.2) is 12.2 Å². The van der Waals surface area contributed by atoms with Crippen LogP contribution in [-0.4, -0.2) is 29.6 Å². The number of hydrogen-bond acceptors (Lipinski definition) is 4. The van der Waals surface area contributed by atoms with Gasteiger partial charge < -0.3 is 9.84 Å². The van der Waals surface area contributed by atoms with Gasteiger partial charge in [0.05, 0.1) is 6.61 Å². The summed E-state index contributed by atoms with van der Waals surface area (Å²) in [6.07, 6.45) is -1.53. The normalized spacial score (nSPS) is 11.9. The highest BCUT2D eigenvalue weighted by atomic mass is 16.5. The lowest BCUT2D eigenvalue weighted by Crippen LogP contribution is -2.27. The van der Waals surface area contributed by atoms with E-state index in [2.05, 4.69) is 11.3 Å². The molecule has 0 aromatic rings. The van der Waals surface area contributed by atoms with Crippen molar-refractivity contribution in [3.63, 3.8) is 0 Å². The third-order valence-electron chi connectivity index (χ3n) is 1.29. The summed E-state index contributed by atoms with van der Waals surface area (Å²) in [7, 11) is 0. The molecule has 0 aromatic carbocycles. The monoisotopic (exact) mass is 172 g/mol. The van der Waals surface area contributed by atoms with Crippen molar-refractivity contribution in [3.05, 3.63) is 12.2 Å². The van der Waals surface area contributed by atoms with Gasteiger partial charge in [-0.3, -0.25) is 4.79 Å². The average molecular weight is 172 g/mol. The molecule has 0 fully saturated rings. The zero-order chi connectivity index (χ0) is 9.72. The van der Waals surface area contributed by atoms with E-state index in [4.69, 9.17) is 5.11 Å². The third kappa shape index (κ3) is 2.84. The molecule has 4 heteroatoms. The quantitative estimate of drug-likeness (QED) is 0.481. The molecule has 0 saturated carbocycles. The summed E-state index contributed by atoms with van der Waals surface area (Å²) in [5, 5.41) is 9.09. The smallest absolute Gasteiger partial charge is 0.339 e. The van der Waals surface area contributed by atoms with Crippen LogP contribution in [-0.2, 0) is 14.3 Å². The first kappa shape index (κ1) is 10.8. The molecule has 0 bridgehead atoms. The fourth-order valence-corrected chi connectivity index (χ4v) is 0.556. The maximum Gasteiger partial charge on any atom is 0.339 e. The van der Waals surface area contributed by atoms with Crippen molar-refractivity contribution in [1.82, 2.24) is 0 Å². The van der Waals surface area contributed by atoms with E-state index in [-0.39, 0.29) is 12.2 Å². The topological polar surface area (TPSA) is 63.6 Å². The van der Waals surface area contributed by atoms with Gasteiger partial charge in [0.15, 0.2) is 11.9 Å². The van der Waals surface area contributed by atoms with E-state index in [0.29, 0.717) is 0 Å². The average Bonchev–Trinajstić information content (AvgIpc) is 2.02. The van der Waals surface area contributed by atoms with Crippen molar-refractivity contribution >= 4 is 11.8 Å². The van der Waals surface area contributed by atoms with Crippen LogP contribution in [0.5, 0.6) is 0 Å². The lowest BCUT2D eigenvalue weighted by atomic mass is 10.1. The Labute approximate surface area is 70.8 Å². The number of Topliss-reactive ketones (excluding diaryl/α,β-unsaturated/α-hetero) is 1. The summed E-state index contributed by atoms with van der Waals surface area (Å²) >= 11 is 0. The molecule has 0 amide bonds. The van der Waals surface area contributed by atoms with Crippen molar-refractivity contribution < 1.29 is 19.4 Å². The molecule has 0 saturated heterocycles. The highest BCUT2D eigenvalue weighted by Crippen LogP contribution is 2.02. The van der Waals surface area contributed by atoms with Crippen molar-refractivity contribution in [2.75, 3.05) is 6.61 Å². The molecule has 0 spiro atoms. The fourth-order valence-electron chi connectivity index (χ4n) is 0.556. The van der Waals surface area contributed by atoms with E-state index in [9.17, 15) is 9.59 Å². The summed E-state index contributed by atoms with van der Waals surface area (Å²) < 4.78 is 4.47. The van der Waals surface area contributed by atoms with Crippen molar-refractivity contribution in [1.29, 1.82) is 0 Å². The van der Waals surface area contributed by atoms with E-state index < -0.39 is 17.9 Å². The molecule has 68 valence electrons. The Morgan fingerprint density at radius 3 is 2.42 bits per heavy atom. The first-order valence-corrected chi connectivity index (χ1v) is 3.55. The molecular weight excluding hydrogens is 160 g/mol. The van der Waals surface area contributed by atoms with Crippen molar-refractivity contribution in [2.45, 2.75) is 20.0 Å². The second-order valence-corrected chi connectivity index (χ2v) is 2.24. The van der Waals surface area contributed by atoms with E-state index in [0.717, 1.165) is 0 Å². The molecular formula is C8H12O4. The van der Waals surface area contributed by atoms with Crippen LogP contribution in [0.1, 0.15) is 13.8 Å². The van der Waals surface area contributed by atoms with Gasteiger partial charge in [0.2, 0.25) is 0 Å². The number of hydrogen-bond donors (Lipinski definition) is 1. The minimum absolute atomic E-state index is 0.145. The molecule has 0 aliphatic rings. The minimum atomic E-state index is -1.53. The van der Waals surface area contributed by atoms with Gasteiger partial charge in [-0.1, -0.05) is 6.58 Å². The van der Waals surface area contributed by atoms with Gasteiger partial charge >= 0.3 is 5.97 Å². The van der Waals surface area contributed by atoms with Crippen LogP contribution in [0.3, 0.4) is 0 Å². The van der Waals surface area contributed by atoms with E-state index in [1.807, 2.05) is 0 Å². The van der Waals surface area contributed by atoms with Gasteiger partial charge in [-0.15, -0.1) is 0 Å². The van der Waals surface area contributed by atoms with Gasteiger partial charge in [-0.05, 0) is 13.8 Å². The summed E-state index contributed by atoms with van der Waals surface area (Å²) in [6, 6.07) is 0. The summed E-state index contributed by atoms with van der Waals surface area (Å²) in [6.45, 7) is 6.26. The maximum absolute atomic E-state index is 10.8. The molecule has 4 nitrogen and oxygen atoms in total. The molecule has 0 radical (unpaired) electrons. The second-order valence-electron chi connectivity index (χ2n) is 2.24. The summed E-state index contributed by atoms with van der Waals surface area (Å²) in [5.74, 6) is -1.26. The predicted octanol–water partition coefficient (Wildman–Crippen LogP) is 0.0556. The lowest BCUT2D eigenvalue weighted by Gasteiger charge is -2.09. The molecule has 0 aliphatic carbocycles. The molecule has 1 N–H and O–H groups in total. The number of carbonyl (C=O) groups is 2. The highest BCUT2D eigenvalue weighted by Gasteiger charge is 2.21. The standard InChI is InChI=1S/C8H12O4/c1-4-12-8(11)7(10)5(2)6(3)9/h7,10H,2,4H2,1,3H3. The van der Waals surface area contributed by atoms with Crippen LogP contribution in [0.4, 0.5) is 0 Å². The van der Waals surface area contributed by atoms with E-state index in [1.165, 1.54) is 6.92 Å². The van der Waals surface area contributed by atoms with Gasteiger partial charge in [0, 0.05) is 5.57 Å². The molecule has 12 heavy (non-hydrogen) atoms. The van der Waals surface area contributed by atoms with Gasteiger partial charge in [-0.2, -0.15) is 0 Å². The molecule has 0 aliphatic heterocycles. The third-order valence-corrected chi connectivity index (χ3v) is 1.29. The predicted molar refractivity (Wildman–Crippen MR) is 42.5 cm³/mol. The summed E-state index contributed by atoms with van der Waals surface area (Å²) in [4.78, 5) is 21.4. The number of aliphatic hydroxyl groups excluding tert-OH is 1. The fraction of sp³-hybridized carbons (Fsp3) is 0.500. The van der Waals surface area contributed by atoms with E-state index >= 15 is 0 Å². The highest BCUT2D eigenvalue weighted by molar-refractivity contribution is 5.99. The number of ketones is 1. The van der Waals surface area contributed by atoms with Crippen LogP contribution >= 0.6 is 0 Å². The zero-order valence-electron chi connectivity index (χ0n) is 7.16. The Morgan fingerprint density at radius 2 is 2.08 bits per heavy atom. The minimum Gasteiger partial charge on any atom is -0.464 e. The van der Waals surface area contributed by atoms with Crippen LogP contribution in [0.25, 0.3) is 0 Å². The van der Waals surface area contributed by atoms with Gasteiger partial charge in [0.1, 0.15) is 0 Å². The Bertz CT molecular complexity index is 207. The first-order valence-electron chi connectivity index (χ1n) is 3.55. The van der Waals surface area contributed by atoms with Gasteiger partial charge in [0.25, 0.3) is 0 Å². The zero-order valence-corrected chi connectivity index (χ0v) is 7.16. The number of aliphatic hydroxyl groups is 1. The van der Waals surface area contributed by atoms with Crippen LogP contribution < -0.4 is 0 Å².